The van der Waals surface area contributed by atoms with Crippen LogP contribution in [0.25, 0.3) is 49.6 Å². The molecular formula is C47H28B2N2O3. The molecule has 0 spiro atoms. The van der Waals surface area contributed by atoms with E-state index in [1.165, 1.54) is 10.8 Å². The van der Waals surface area contributed by atoms with Crippen molar-refractivity contribution in [3.05, 3.63) is 170 Å². The fourth-order valence-corrected chi connectivity index (χ4v) is 9.12. The van der Waals surface area contributed by atoms with Gasteiger partial charge >= 0.3 is 0 Å². The van der Waals surface area contributed by atoms with Crippen LogP contribution in [0.4, 0.5) is 0 Å². The number of aromatic nitrogens is 2. The van der Waals surface area contributed by atoms with Crippen LogP contribution in [0, 0.1) is 0 Å². The molecule has 0 fully saturated rings. The zero-order valence-electron chi connectivity index (χ0n) is 28.9. The zero-order valence-corrected chi connectivity index (χ0v) is 28.9. The topological polar surface area (TPSA) is 49.4 Å². The van der Waals surface area contributed by atoms with Gasteiger partial charge in [-0.05, 0) is 46.7 Å². The molecular weight excluding hydrogens is 662 g/mol. The highest BCUT2D eigenvalue weighted by molar-refractivity contribution is 7.01. The number of ether oxygens (including phenoxy) is 2. The monoisotopic (exact) mass is 690 g/mol. The lowest BCUT2D eigenvalue weighted by atomic mass is 9.33. The first-order chi connectivity index (χ1) is 26.8. The van der Waals surface area contributed by atoms with Crippen molar-refractivity contribution < 1.29 is 13.9 Å². The van der Waals surface area contributed by atoms with Crippen LogP contribution >= 0.6 is 0 Å². The third kappa shape index (κ3) is 4.04. The van der Waals surface area contributed by atoms with E-state index >= 15 is 0 Å². The van der Waals surface area contributed by atoms with Gasteiger partial charge in [0.15, 0.2) is 22.9 Å². The van der Waals surface area contributed by atoms with E-state index < -0.39 is 0 Å². The highest BCUT2D eigenvalue weighted by atomic mass is 16.5. The number of hydrogen-bond donors (Lipinski definition) is 0. The van der Waals surface area contributed by atoms with Gasteiger partial charge in [-0.1, -0.05) is 144 Å². The fourth-order valence-electron chi connectivity index (χ4n) is 9.12. The standard InChI is InChI=1S/C47H28B2N2O3/c1-3-15-29(16-4-1)48-34-21-9-13-25-38(34)52-45-41(48)40-33-27-28-50-47(51-36-23-11-7-19-31(36)32-20-8-12-24-37(32)51)43(33)54-44(40)42-46(45)53-39-26-14-10-22-35(39)49(42)30-17-5-2-6-18-30/h1-28H. The first-order valence-corrected chi connectivity index (χ1v) is 18.4. The fraction of sp³-hybridized carbons (Fsp3) is 0. The Morgan fingerprint density at radius 2 is 0.944 bits per heavy atom. The smallest absolute Gasteiger partial charge is 0.256 e. The van der Waals surface area contributed by atoms with Gasteiger partial charge in [0, 0.05) is 33.2 Å². The minimum absolute atomic E-state index is 0.152. The van der Waals surface area contributed by atoms with Gasteiger partial charge in [-0.15, -0.1) is 0 Å². The van der Waals surface area contributed by atoms with Crippen LogP contribution in [-0.2, 0) is 0 Å². The van der Waals surface area contributed by atoms with Gasteiger partial charge < -0.3 is 13.9 Å². The van der Waals surface area contributed by atoms with Crippen molar-refractivity contribution in [1.82, 2.24) is 9.55 Å². The zero-order chi connectivity index (χ0) is 35.3. The molecule has 0 saturated carbocycles. The summed E-state index contributed by atoms with van der Waals surface area (Å²) in [4.78, 5) is 5.10. The highest BCUT2D eigenvalue weighted by Gasteiger charge is 2.44. The van der Waals surface area contributed by atoms with Crippen LogP contribution in [0.5, 0.6) is 23.0 Å². The molecule has 5 heterocycles. The van der Waals surface area contributed by atoms with Gasteiger partial charge in [0.1, 0.15) is 17.1 Å². The molecule has 0 amide bonds. The van der Waals surface area contributed by atoms with E-state index in [1.54, 1.807) is 0 Å². The number of pyridine rings is 1. The predicted molar refractivity (Wildman–Crippen MR) is 221 cm³/mol. The van der Waals surface area contributed by atoms with Crippen molar-refractivity contribution >= 4 is 89.9 Å². The van der Waals surface area contributed by atoms with Crippen molar-refractivity contribution in [2.45, 2.75) is 0 Å². The molecule has 0 saturated heterocycles. The molecule has 250 valence electrons. The summed E-state index contributed by atoms with van der Waals surface area (Å²) in [6.07, 6.45) is 1.91. The van der Waals surface area contributed by atoms with E-state index in [1.807, 2.05) is 18.3 Å². The summed E-state index contributed by atoms with van der Waals surface area (Å²) in [6.45, 7) is -0.333. The van der Waals surface area contributed by atoms with E-state index in [0.29, 0.717) is 11.3 Å². The van der Waals surface area contributed by atoms with E-state index in [4.69, 9.17) is 18.9 Å². The summed E-state index contributed by atoms with van der Waals surface area (Å²) in [5.41, 5.74) is 10.1. The Balaban J connectivity index is 1.27. The number of para-hydroxylation sites is 4. The molecule has 12 rings (SSSR count). The Kier molecular flexibility index (Phi) is 6.17. The quantitative estimate of drug-likeness (QED) is 0.183. The second-order valence-electron chi connectivity index (χ2n) is 14.1. The third-order valence-electron chi connectivity index (χ3n) is 11.3. The molecule has 0 bridgehead atoms. The average molecular weight is 690 g/mol. The summed E-state index contributed by atoms with van der Waals surface area (Å²) in [5.74, 6) is 3.78. The minimum atomic E-state index is -0.180. The van der Waals surface area contributed by atoms with Crippen LogP contribution in [-0.4, -0.2) is 23.0 Å². The Bertz CT molecular complexity index is 3080. The maximum absolute atomic E-state index is 7.39. The SMILES string of the molecule is c1ccc(B2c3ccccc3Oc3c4c(c5c(oc6c(-n7c8ccccc8c8ccccc87)nccc65)c32)B(c2ccccc2)c2ccccc2O4)cc1. The lowest BCUT2D eigenvalue weighted by Gasteiger charge is -2.33. The Hall–Kier alpha value is -6.98. The average Bonchev–Trinajstić information content (AvgIpc) is 3.79. The van der Waals surface area contributed by atoms with Gasteiger partial charge in [-0.25, -0.2) is 4.98 Å². The summed E-state index contributed by atoms with van der Waals surface area (Å²) < 4.78 is 23.8. The number of hydrogen-bond acceptors (Lipinski definition) is 4. The second-order valence-corrected chi connectivity index (χ2v) is 14.1. The summed E-state index contributed by atoms with van der Waals surface area (Å²) >= 11 is 0. The molecule has 5 nitrogen and oxygen atoms in total. The molecule has 0 atom stereocenters. The molecule has 0 aliphatic carbocycles. The molecule has 0 radical (unpaired) electrons. The normalized spacial score (nSPS) is 13.0. The number of nitrogens with zero attached hydrogens (tertiary/aromatic N) is 2. The van der Waals surface area contributed by atoms with Crippen molar-refractivity contribution in [3.8, 4) is 28.8 Å². The minimum Gasteiger partial charge on any atom is -0.455 e. The van der Waals surface area contributed by atoms with Crippen LogP contribution in [0.3, 0.4) is 0 Å². The molecule has 7 aromatic carbocycles. The Labute approximate surface area is 311 Å². The lowest BCUT2D eigenvalue weighted by Crippen LogP contribution is -2.58. The van der Waals surface area contributed by atoms with E-state index in [9.17, 15) is 0 Å². The maximum Gasteiger partial charge on any atom is 0.256 e. The number of benzene rings is 7. The highest BCUT2D eigenvalue weighted by Crippen LogP contribution is 2.44. The first kappa shape index (κ1) is 29.6. The molecule has 2 aliphatic rings. The Morgan fingerprint density at radius 1 is 0.444 bits per heavy atom. The third-order valence-corrected chi connectivity index (χ3v) is 11.3. The van der Waals surface area contributed by atoms with Gasteiger partial charge in [0.25, 0.3) is 13.4 Å². The van der Waals surface area contributed by atoms with Crippen molar-refractivity contribution in [2.24, 2.45) is 0 Å². The molecule has 0 unspecified atom stereocenters. The number of fused-ring (bicyclic) bond motifs is 13. The van der Waals surface area contributed by atoms with Crippen molar-refractivity contribution in [2.75, 3.05) is 0 Å². The van der Waals surface area contributed by atoms with E-state index in [2.05, 4.69) is 156 Å². The summed E-state index contributed by atoms with van der Waals surface area (Å²) in [5, 5.41) is 4.32. The van der Waals surface area contributed by atoms with Crippen molar-refractivity contribution in [3.63, 3.8) is 0 Å². The summed E-state index contributed by atoms with van der Waals surface area (Å²) in [6, 6.07) is 57.2. The van der Waals surface area contributed by atoms with Crippen LogP contribution < -0.4 is 42.3 Å². The molecule has 7 heteroatoms. The van der Waals surface area contributed by atoms with Crippen LogP contribution in [0.1, 0.15) is 0 Å². The number of rotatable bonds is 3. The van der Waals surface area contributed by atoms with Gasteiger partial charge in [0.2, 0.25) is 0 Å². The van der Waals surface area contributed by atoms with E-state index in [0.717, 1.165) is 83.2 Å². The first-order valence-electron chi connectivity index (χ1n) is 18.4. The van der Waals surface area contributed by atoms with Gasteiger partial charge in [-0.2, -0.15) is 0 Å². The second kappa shape index (κ2) is 11.3. The molecule has 0 N–H and O–H groups in total. The van der Waals surface area contributed by atoms with E-state index in [-0.39, 0.29) is 13.4 Å². The maximum atomic E-state index is 7.39. The molecule has 10 aromatic rings. The van der Waals surface area contributed by atoms with Gasteiger partial charge in [0.05, 0.1) is 11.0 Å². The lowest BCUT2D eigenvalue weighted by molar-refractivity contribution is 0.424. The Morgan fingerprint density at radius 3 is 1.56 bits per heavy atom. The molecule has 3 aromatic heterocycles. The largest absolute Gasteiger partial charge is 0.455 e. The summed E-state index contributed by atoms with van der Waals surface area (Å²) in [7, 11) is 0. The van der Waals surface area contributed by atoms with Crippen molar-refractivity contribution in [1.29, 1.82) is 0 Å². The molecule has 2 aliphatic heterocycles. The number of furan rings is 1. The predicted octanol–water partition coefficient (Wildman–Crippen LogP) is 7.32. The molecule has 54 heavy (non-hydrogen) atoms. The van der Waals surface area contributed by atoms with Crippen LogP contribution in [0.2, 0.25) is 0 Å². The van der Waals surface area contributed by atoms with Gasteiger partial charge in [-0.3, -0.25) is 4.57 Å². The van der Waals surface area contributed by atoms with Crippen LogP contribution in [0.15, 0.2) is 174 Å².